The summed E-state index contributed by atoms with van der Waals surface area (Å²) in [4.78, 5) is 25.5. The number of nitrogens with one attached hydrogen (secondary N) is 1. The predicted molar refractivity (Wildman–Crippen MR) is 100 cm³/mol. The molecule has 2 aliphatic rings. The summed E-state index contributed by atoms with van der Waals surface area (Å²) in [6.07, 6.45) is 1.85. The molecule has 0 aliphatic carbocycles. The quantitative estimate of drug-likeness (QED) is 0.815. The van der Waals surface area contributed by atoms with Crippen LogP contribution in [0.25, 0.3) is 10.9 Å². The summed E-state index contributed by atoms with van der Waals surface area (Å²) >= 11 is 0. The van der Waals surface area contributed by atoms with Crippen molar-refractivity contribution in [3.05, 3.63) is 29.5 Å². The Labute approximate surface area is 161 Å². The number of hydrogen-bond acceptors (Lipinski definition) is 4. The van der Waals surface area contributed by atoms with E-state index in [0.29, 0.717) is 38.8 Å². The minimum absolute atomic E-state index is 0.0308. The van der Waals surface area contributed by atoms with Gasteiger partial charge in [-0.2, -0.15) is 5.10 Å². The molecule has 1 N–H and O–H groups in total. The predicted octanol–water partition coefficient (Wildman–Crippen LogP) is 2.60. The normalized spacial score (nSPS) is 23.2. The number of likely N-dealkylation sites (tertiary alicyclic amines) is 1. The maximum Gasteiger partial charge on any atom is 0.260 e. The lowest BCUT2D eigenvalue weighted by Crippen LogP contribution is -2.43. The van der Waals surface area contributed by atoms with E-state index in [-0.39, 0.29) is 24.8 Å². The maximum absolute atomic E-state index is 13.7. The molecule has 150 valence electrons. The van der Waals surface area contributed by atoms with E-state index >= 15 is 0 Å². The number of amides is 2. The molecule has 2 fully saturated rings. The molecule has 8 heteroatoms. The highest BCUT2D eigenvalue weighted by atomic mass is 19.3. The van der Waals surface area contributed by atoms with Crippen LogP contribution in [0.2, 0.25) is 0 Å². The molecule has 0 radical (unpaired) electrons. The largest absolute Gasteiger partial charge is 0.297 e. The number of imide groups is 1. The van der Waals surface area contributed by atoms with Crippen LogP contribution in [0, 0.1) is 6.92 Å². The van der Waals surface area contributed by atoms with Gasteiger partial charge in [0, 0.05) is 24.8 Å². The number of alkyl halides is 2. The Bertz CT molecular complexity index is 924. The van der Waals surface area contributed by atoms with Gasteiger partial charge in [0.2, 0.25) is 5.91 Å². The number of nitrogens with zero attached hydrogens (tertiary/aromatic N) is 3. The fourth-order valence-corrected chi connectivity index (χ4v) is 4.34. The summed E-state index contributed by atoms with van der Waals surface area (Å²) in [6, 6.07) is 5.31. The number of aromatic nitrogens is 2. The van der Waals surface area contributed by atoms with Crippen LogP contribution in [-0.2, 0) is 16.0 Å². The van der Waals surface area contributed by atoms with Crippen molar-refractivity contribution in [1.82, 2.24) is 20.0 Å². The van der Waals surface area contributed by atoms with Gasteiger partial charge in [0.15, 0.2) is 0 Å². The van der Waals surface area contributed by atoms with E-state index in [1.165, 1.54) is 0 Å². The zero-order valence-corrected chi connectivity index (χ0v) is 15.9. The molecule has 0 saturated carbocycles. The third kappa shape index (κ3) is 3.65. The topological polar surface area (TPSA) is 67.2 Å². The van der Waals surface area contributed by atoms with Crippen molar-refractivity contribution in [1.29, 1.82) is 0 Å². The number of fused-ring (bicyclic) bond motifs is 1. The van der Waals surface area contributed by atoms with Gasteiger partial charge in [0.05, 0.1) is 17.8 Å². The Morgan fingerprint density at radius 3 is 2.89 bits per heavy atom. The minimum Gasteiger partial charge on any atom is -0.297 e. The van der Waals surface area contributed by atoms with Crippen molar-refractivity contribution < 1.29 is 18.4 Å². The van der Waals surface area contributed by atoms with Crippen LogP contribution in [-0.4, -0.2) is 52.1 Å². The first-order chi connectivity index (χ1) is 13.3. The van der Waals surface area contributed by atoms with E-state index in [2.05, 4.69) is 10.4 Å². The zero-order valence-electron chi connectivity index (χ0n) is 15.9. The van der Waals surface area contributed by atoms with Crippen molar-refractivity contribution in [3.63, 3.8) is 0 Å². The van der Waals surface area contributed by atoms with Gasteiger partial charge in [0.1, 0.15) is 6.04 Å². The summed E-state index contributed by atoms with van der Waals surface area (Å²) in [5, 5.41) is 7.92. The van der Waals surface area contributed by atoms with Gasteiger partial charge in [-0.3, -0.25) is 24.5 Å². The Morgan fingerprint density at radius 2 is 2.14 bits per heavy atom. The highest BCUT2D eigenvalue weighted by Crippen LogP contribution is 2.30. The lowest BCUT2D eigenvalue weighted by atomic mass is 10.0. The van der Waals surface area contributed by atoms with E-state index in [0.717, 1.165) is 22.2 Å². The first-order valence-electron chi connectivity index (χ1n) is 9.75. The van der Waals surface area contributed by atoms with Crippen molar-refractivity contribution >= 4 is 22.7 Å². The van der Waals surface area contributed by atoms with Gasteiger partial charge in [-0.05, 0) is 44.4 Å². The summed E-state index contributed by atoms with van der Waals surface area (Å²) in [5.41, 5.74) is 2.69. The highest BCUT2D eigenvalue weighted by Gasteiger charge is 2.35. The van der Waals surface area contributed by atoms with E-state index < -0.39 is 12.0 Å². The van der Waals surface area contributed by atoms with Gasteiger partial charge in [-0.25, -0.2) is 8.78 Å². The molecule has 0 spiro atoms. The van der Waals surface area contributed by atoms with E-state index in [1.807, 2.05) is 30.0 Å². The number of carbonyl (C=O) groups excluding carboxylic acids is 2. The smallest absolute Gasteiger partial charge is 0.260 e. The average molecular weight is 390 g/mol. The maximum atomic E-state index is 13.7. The lowest BCUT2D eigenvalue weighted by Gasteiger charge is -2.32. The Morgan fingerprint density at radius 1 is 1.32 bits per heavy atom. The Balaban J connectivity index is 1.58. The number of carbonyl (C=O) groups is 2. The molecule has 2 aliphatic heterocycles. The molecular formula is C20H24F2N4O2. The standard InChI is InChI=1S/C20H24F2N4O2/c1-13-18-14(8-11-25-10-3-9-20(21,22)12-25)4-2-5-15(18)26(24-13)16-6-7-17(27)23-19(16)28/h2,4-5,16H,3,6-12H2,1H3,(H,23,27,28). The number of halogens is 2. The van der Waals surface area contributed by atoms with Gasteiger partial charge in [-0.1, -0.05) is 12.1 Å². The van der Waals surface area contributed by atoms with Crippen LogP contribution in [0.5, 0.6) is 0 Å². The average Bonchev–Trinajstić information content (AvgIpc) is 2.96. The van der Waals surface area contributed by atoms with E-state index in [1.54, 1.807) is 4.68 Å². The third-order valence-corrected chi connectivity index (χ3v) is 5.67. The van der Waals surface area contributed by atoms with Crippen LogP contribution in [0.4, 0.5) is 8.78 Å². The van der Waals surface area contributed by atoms with Gasteiger partial charge < -0.3 is 0 Å². The molecule has 3 heterocycles. The fourth-order valence-electron chi connectivity index (χ4n) is 4.34. The van der Waals surface area contributed by atoms with E-state index in [4.69, 9.17) is 0 Å². The van der Waals surface area contributed by atoms with Crippen molar-refractivity contribution in [2.75, 3.05) is 19.6 Å². The second kappa shape index (κ2) is 7.24. The Hall–Kier alpha value is -2.35. The van der Waals surface area contributed by atoms with Gasteiger partial charge in [-0.15, -0.1) is 0 Å². The van der Waals surface area contributed by atoms with E-state index in [9.17, 15) is 18.4 Å². The molecule has 2 aromatic rings. The van der Waals surface area contributed by atoms with Crippen LogP contribution in [0.15, 0.2) is 18.2 Å². The minimum atomic E-state index is -2.60. The molecule has 28 heavy (non-hydrogen) atoms. The van der Waals surface area contributed by atoms with Crippen LogP contribution in [0.1, 0.15) is 43.0 Å². The van der Waals surface area contributed by atoms with Crippen molar-refractivity contribution in [3.8, 4) is 0 Å². The molecule has 1 aromatic heterocycles. The third-order valence-electron chi connectivity index (χ3n) is 5.67. The SMILES string of the molecule is Cc1nn(C2CCC(=O)NC2=O)c2cccc(CCN3CCCC(F)(F)C3)c12. The second-order valence-electron chi connectivity index (χ2n) is 7.79. The Kier molecular flexibility index (Phi) is 4.91. The molecular weight excluding hydrogens is 366 g/mol. The number of aryl methyl sites for hydroxylation is 1. The summed E-state index contributed by atoms with van der Waals surface area (Å²) in [5.74, 6) is -3.19. The van der Waals surface area contributed by atoms with Crippen LogP contribution < -0.4 is 5.32 Å². The lowest BCUT2D eigenvalue weighted by molar-refractivity contribution is -0.135. The molecule has 1 aromatic carbocycles. The molecule has 0 bridgehead atoms. The monoisotopic (exact) mass is 390 g/mol. The molecule has 6 nitrogen and oxygen atoms in total. The highest BCUT2D eigenvalue weighted by molar-refractivity contribution is 6.00. The van der Waals surface area contributed by atoms with Gasteiger partial charge in [0.25, 0.3) is 11.8 Å². The molecule has 1 atom stereocenters. The molecule has 2 amide bonds. The summed E-state index contributed by atoms with van der Waals surface area (Å²) in [7, 11) is 0. The van der Waals surface area contributed by atoms with Crippen molar-refractivity contribution in [2.45, 2.75) is 51.0 Å². The number of rotatable bonds is 4. The van der Waals surface area contributed by atoms with Crippen molar-refractivity contribution in [2.24, 2.45) is 0 Å². The fraction of sp³-hybridized carbons (Fsp3) is 0.550. The summed E-state index contributed by atoms with van der Waals surface area (Å²) < 4.78 is 29.0. The number of piperidine rings is 2. The number of benzene rings is 1. The van der Waals surface area contributed by atoms with Crippen LogP contribution >= 0.6 is 0 Å². The second-order valence-corrected chi connectivity index (χ2v) is 7.79. The molecule has 4 rings (SSSR count). The first-order valence-corrected chi connectivity index (χ1v) is 9.75. The molecule has 2 saturated heterocycles. The van der Waals surface area contributed by atoms with Crippen LogP contribution in [0.3, 0.4) is 0 Å². The van der Waals surface area contributed by atoms with Gasteiger partial charge >= 0.3 is 0 Å². The first kappa shape index (κ1) is 19.0. The number of hydrogen-bond donors (Lipinski definition) is 1. The molecule has 1 unspecified atom stereocenters. The summed E-state index contributed by atoms with van der Waals surface area (Å²) in [6.45, 7) is 2.97. The zero-order chi connectivity index (χ0) is 19.9.